The van der Waals surface area contributed by atoms with Crippen LogP contribution in [0.4, 0.5) is 0 Å². The number of carbonyl (C=O) groups is 1. The molecule has 1 aromatic carbocycles. The van der Waals surface area contributed by atoms with Gasteiger partial charge in [-0.1, -0.05) is 44.2 Å². The van der Waals surface area contributed by atoms with Gasteiger partial charge in [0.1, 0.15) is 0 Å². The molecule has 100 valence electrons. The van der Waals surface area contributed by atoms with Crippen molar-refractivity contribution in [3.05, 3.63) is 52.8 Å². The Morgan fingerprint density at radius 3 is 2.47 bits per heavy atom. The van der Waals surface area contributed by atoms with Crippen molar-refractivity contribution in [2.24, 2.45) is 0 Å². The minimum absolute atomic E-state index is 0.790. The third-order valence-corrected chi connectivity index (χ3v) is 3.42. The molecule has 3 nitrogen and oxygen atoms in total. The number of carbonyl (C=O) groups excluding carboxylic acids is 1. The first-order valence-electron chi connectivity index (χ1n) is 6.87. The molecule has 2 aromatic rings. The molecule has 0 atom stereocenters. The van der Waals surface area contributed by atoms with Crippen molar-refractivity contribution in [3.63, 3.8) is 0 Å². The summed E-state index contributed by atoms with van der Waals surface area (Å²) in [5, 5.41) is 4.57. The molecular formula is C16H20N2O. The van der Waals surface area contributed by atoms with Crippen LogP contribution in [0, 0.1) is 0 Å². The first-order valence-corrected chi connectivity index (χ1v) is 6.87. The lowest BCUT2D eigenvalue weighted by Gasteiger charge is -2.06. The van der Waals surface area contributed by atoms with E-state index in [0.29, 0.717) is 0 Å². The molecule has 0 radical (unpaired) electrons. The molecule has 0 bridgehead atoms. The van der Waals surface area contributed by atoms with Crippen molar-refractivity contribution >= 4 is 6.29 Å². The predicted molar refractivity (Wildman–Crippen MR) is 76.5 cm³/mol. The highest BCUT2D eigenvalue weighted by atomic mass is 16.1. The van der Waals surface area contributed by atoms with Gasteiger partial charge in [0.15, 0.2) is 6.29 Å². The fourth-order valence-electron chi connectivity index (χ4n) is 2.40. The van der Waals surface area contributed by atoms with Crippen LogP contribution in [-0.4, -0.2) is 16.1 Å². The molecule has 0 aliphatic rings. The van der Waals surface area contributed by atoms with Crippen molar-refractivity contribution in [3.8, 4) is 0 Å². The Labute approximate surface area is 114 Å². The maximum atomic E-state index is 11.2. The van der Waals surface area contributed by atoms with E-state index in [2.05, 4.69) is 24.2 Å². The van der Waals surface area contributed by atoms with E-state index in [-0.39, 0.29) is 0 Å². The Morgan fingerprint density at radius 1 is 1.16 bits per heavy atom. The maximum Gasteiger partial charge on any atom is 0.153 e. The highest BCUT2D eigenvalue weighted by molar-refractivity contribution is 5.78. The highest BCUT2D eigenvalue weighted by Gasteiger charge is 2.14. The van der Waals surface area contributed by atoms with Crippen molar-refractivity contribution in [1.29, 1.82) is 0 Å². The second kappa shape index (κ2) is 6.32. The number of rotatable bonds is 6. The van der Waals surface area contributed by atoms with E-state index in [4.69, 9.17) is 0 Å². The van der Waals surface area contributed by atoms with Crippen LogP contribution in [0.1, 0.15) is 41.2 Å². The van der Waals surface area contributed by atoms with Crippen LogP contribution in [0.25, 0.3) is 0 Å². The number of hydrogen-bond donors (Lipinski definition) is 0. The fourth-order valence-corrected chi connectivity index (χ4v) is 2.40. The van der Waals surface area contributed by atoms with Crippen LogP contribution in [0.3, 0.4) is 0 Å². The third-order valence-electron chi connectivity index (χ3n) is 3.42. The lowest BCUT2D eigenvalue weighted by atomic mass is 10.1. The standard InChI is InChI=1S/C16H20N2O/c1-3-15-14(12-19)16(4-2)18(17-15)11-10-13-8-6-5-7-9-13/h5-9,12H,3-4,10-11H2,1-2H3. The van der Waals surface area contributed by atoms with E-state index in [0.717, 1.165) is 49.0 Å². The molecule has 0 aliphatic heterocycles. The zero-order chi connectivity index (χ0) is 13.7. The molecule has 0 saturated carbocycles. The molecule has 19 heavy (non-hydrogen) atoms. The van der Waals surface area contributed by atoms with E-state index < -0.39 is 0 Å². The number of aromatic nitrogens is 2. The van der Waals surface area contributed by atoms with Gasteiger partial charge in [-0.3, -0.25) is 9.48 Å². The van der Waals surface area contributed by atoms with Crippen LogP contribution in [0.5, 0.6) is 0 Å². The molecule has 0 N–H and O–H groups in total. The van der Waals surface area contributed by atoms with E-state index in [1.165, 1.54) is 5.56 Å². The van der Waals surface area contributed by atoms with Crippen LogP contribution in [0.15, 0.2) is 30.3 Å². The van der Waals surface area contributed by atoms with Crippen molar-refractivity contribution < 1.29 is 4.79 Å². The summed E-state index contributed by atoms with van der Waals surface area (Å²) in [5.74, 6) is 0. The molecule has 2 rings (SSSR count). The van der Waals surface area contributed by atoms with Gasteiger partial charge in [-0.05, 0) is 24.8 Å². The first kappa shape index (κ1) is 13.5. The maximum absolute atomic E-state index is 11.2. The van der Waals surface area contributed by atoms with Gasteiger partial charge < -0.3 is 0 Å². The van der Waals surface area contributed by atoms with Crippen molar-refractivity contribution in [2.75, 3.05) is 0 Å². The van der Waals surface area contributed by atoms with E-state index in [9.17, 15) is 4.79 Å². The van der Waals surface area contributed by atoms with Gasteiger partial charge in [0.05, 0.1) is 11.3 Å². The molecule has 1 heterocycles. The summed E-state index contributed by atoms with van der Waals surface area (Å²) < 4.78 is 2.00. The fraction of sp³-hybridized carbons (Fsp3) is 0.375. The summed E-state index contributed by atoms with van der Waals surface area (Å²) in [5.41, 5.74) is 4.06. The number of aryl methyl sites for hydroxylation is 3. The van der Waals surface area contributed by atoms with E-state index in [1.807, 2.05) is 29.8 Å². The zero-order valence-electron chi connectivity index (χ0n) is 11.6. The molecule has 0 unspecified atom stereocenters. The number of hydrogen-bond acceptors (Lipinski definition) is 2. The monoisotopic (exact) mass is 256 g/mol. The molecule has 0 fully saturated rings. The second-order valence-corrected chi connectivity index (χ2v) is 4.59. The van der Waals surface area contributed by atoms with Gasteiger partial charge in [-0.2, -0.15) is 5.10 Å². The van der Waals surface area contributed by atoms with E-state index in [1.54, 1.807) is 0 Å². The third kappa shape index (κ3) is 2.92. The summed E-state index contributed by atoms with van der Waals surface area (Å²) in [6.45, 7) is 4.94. The summed E-state index contributed by atoms with van der Waals surface area (Å²) in [6.07, 6.45) is 3.54. The minimum atomic E-state index is 0.790. The van der Waals surface area contributed by atoms with Crippen LogP contribution in [0.2, 0.25) is 0 Å². The van der Waals surface area contributed by atoms with Gasteiger partial charge >= 0.3 is 0 Å². The van der Waals surface area contributed by atoms with Crippen LogP contribution >= 0.6 is 0 Å². The van der Waals surface area contributed by atoms with Crippen LogP contribution < -0.4 is 0 Å². The molecule has 0 aliphatic carbocycles. The molecule has 0 spiro atoms. The Morgan fingerprint density at radius 2 is 1.89 bits per heavy atom. The Hall–Kier alpha value is -1.90. The molecule has 0 amide bonds. The largest absolute Gasteiger partial charge is 0.298 e. The number of benzene rings is 1. The van der Waals surface area contributed by atoms with Gasteiger partial charge in [0.2, 0.25) is 0 Å². The van der Waals surface area contributed by atoms with Crippen molar-refractivity contribution in [2.45, 2.75) is 39.7 Å². The summed E-state index contributed by atoms with van der Waals surface area (Å²) in [7, 11) is 0. The highest BCUT2D eigenvalue weighted by Crippen LogP contribution is 2.15. The smallest absolute Gasteiger partial charge is 0.153 e. The van der Waals surface area contributed by atoms with Gasteiger partial charge in [-0.15, -0.1) is 0 Å². The van der Waals surface area contributed by atoms with Gasteiger partial charge in [-0.25, -0.2) is 0 Å². The Bertz CT molecular complexity index is 543. The van der Waals surface area contributed by atoms with Crippen molar-refractivity contribution in [1.82, 2.24) is 9.78 Å². The average molecular weight is 256 g/mol. The van der Waals surface area contributed by atoms with E-state index >= 15 is 0 Å². The topological polar surface area (TPSA) is 34.9 Å². The molecule has 1 aromatic heterocycles. The summed E-state index contributed by atoms with van der Waals surface area (Å²) in [6, 6.07) is 10.4. The zero-order valence-corrected chi connectivity index (χ0v) is 11.6. The lowest BCUT2D eigenvalue weighted by molar-refractivity contribution is 0.112. The molecule has 0 saturated heterocycles. The Kier molecular flexibility index (Phi) is 4.50. The summed E-state index contributed by atoms with van der Waals surface area (Å²) in [4.78, 5) is 11.2. The van der Waals surface area contributed by atoms with Crippen LogP contribution in [-0.2, 0) is 25.8 Å². The first-order chi connectivity index (χ1) is 9.30. The van der Waals surface area contributed by atoms with Gasteiger partial charge in [0, 0.05) is 12.2 Å². The average Bonchev–Trinajstić information content (AvgIpc) is 2.82. The molecule has 3 heteroatoms. The quantitative estimate of drug-likeness (QED) is 0.744. The lowest BCUT2D eigenvalue weighted by Crippen LogP contribution is -2.07. The second-order valence-electron chi connectivity index (χ2n) is 4.59. The molecular weight excluding hydrogens is 236 g/mol. The van der Waals surface area contributed by atoms with Gasteiger partial charge in [0.25, 0.3) is 0 Å². The number of aldehydes is 1. The number of nitrogens with zero attached hydrogens (tertiary/aromatic N) is 2. The predicted octanol–water partition coefficient (Wildman–Crippen LogP) is 3.06. The SMILES string of the molecule is CCc1nn(CCc2ccccc2)c(CC)c1C=O. The normalized spacial score (nSPS) is 10.6. The minimum Gasteiger partial charge on any atom is -0.298 e. The Balaban J connectivity index is 2.20. The summed E-state index contributed by atoms with van der Waals surface area (Å²) >= 11 is 0.